The van der Waals surface area contributed by atoms with Crippen LogP contribution in [-0.4, -0.2) is 40.8 Å². The van der Waals surface area contributed by atoms with Crippen LogP contribution >= 0.6 is 0 Å². The Kier molecular flexibility index (Phi) is 5.39. The highest BCUT2D eigenvalue weighted by Crippen LogP contribution is 2.24. The molecule has 23 heavy (non-hydrogen) atoms. The second kappa shape index (κ2) is 7.11. The SMILES string of the molecule is Cc1ccc(NC2CCCN(C(=O)OC(C)(C)C)CC2)cc1O. The number of likely N-dealkylation sites (tertiary alicyclic amines) is 1. The monoisotopic (exact) mass is 320 g/mol. The molecule has 2 rings (SSSR count). The fraction of sp³-hybridized carbons (Fsp3) is 0.611. The van der Waals surface area contributed by atoms with Gasteiger partial charge in [-0.3, -0.25) is 0 Å². The Morgan fingerprint density at radius 1 is 1.30 bits per heavy atom. The highest BCUT2D eigenvalue weighted by atomic mass is 16.6. The van der Waals surface area contributed by atoms with Crippen LogP contribution in [0.25, 0.3) is 0 Å². The van der Waals surface area contributed by atoms with Gasteiger partial charge in [0.2, 0.25) is 0 Å². The molecule has 1 unspecified atom stereocenters. The highest BCUT2D eigenvalue weighted by Gasteiger charge is 2.25. The molecule has 1 aliphatic rings. The zero-order valence-corrected chi connectivity index (χ0v) is 14.6. The number of phenols is 1. The van der Waals surface area contributed by atoms with Crippen molar-refractivity contribution in [2.75, 3.05) is 18.4 Å². The topological polar surface area (TPSA) is 61.8 Å². The normalized spacial score (nSPS) is 19.1. The van der Waals surface area contributed by atoms with Gasteiger partial charge in [-0.15, -0.1) is 0 Å². The van der Waals surface area contributed by atoms with Gasteiger partial charge in [0, 0.05) is 30.9 Å². The molecular weight excluding hydrogens is 292 g/mol. The molecule has 1 heterocycles. The maximum atomic E-state index is 12.2. The number of nitrogens with one attached hydrogen (secondary N) is 1. The first-order valence-corrected chi connectivity index (χ1v) is 8.29. The summed E-state index contributed by atoms with van der Waals surface area (Å²) >= 11 is 0. The minimum absolute atomic E-state index is 0.230. The average Bonchev–Trinajstić information content (AvgIpc) is 2.67. The van der Waals surface area contributed by atoms with Gasteiger partial charge >= 0.3 is 6.09 Å². The molecule has 0 saturated carbocycles. The third-order valence-corrected chi connectivity index (χ3v) is 3.96. The number of phenolic OH excluding ortho intramolecular Hbond substituents is 1. The Labute approximate surface area is 138 Å². The zero-order valence-electron chi connectivity index (χ0n) is 14.6. The van der Waals surface area contributed by atoms with Crippen molar-refractivity contribution in [1.82, 2.24) is 4.90 Å². The second-order valence-electron chi connectivity index (χ2n) is 7.24. The maximum absolute atomic E-state index is 12.2. The van der Waals surface area contributed by atoms with Crippen molar-refractivity contribution in [3.05, 3.63) is 23.8 Å². The molecule has 1 aromatic carbocycles. The summed E-state index contributed by atoms with van der Waals surface area (Å²) in [6, 6.07) is 5.93. The van der Waals surface area contributed by atoms with Crippen LogP contribution in [0.2, 0.25) is 0 Å². The number of hydrogen-bond donors (Lipinski definition) is 2. The van der Waals surface area contributed by atoms with Crippen molar-refractivity contribution >= 4 is 11.8 Å². The van der Waals surface area contributed by atoms with Gasteiger partial charge in [-0.05, 0) is 58.6 Å². The van der Waals surface area contributed by atoms with Crippen molar-refractivity contribution in [3.63, 3.8) is 0 Å². The Bertz CT molecular complexity index is 552. The summed E-state index contributed by atoms with van der Waals surface area (Å²) in [4.78, 5) is 14.0. The Morgan fingerprint density at radius 3 is 2.70 bits per heavy atom. The fourth-order valence-electron chi connectivity index (χ4n) is 2.68. The smallest absolute Gasteiger partial charge is 0.410 e. The number of nitrogens with zero attached hydrogens (tertiary/aromatic N) is 1. The number of anilines is 1. The summed E-state index contributed by atoms with van der Waals surface area (Å²) < 4.78 is 5.45. The fourth-order valence-corrected chi connectivity index (χ4v) is 2.68. The van der Waals surface area contributed by atoms with E-state index in [-0.39, 0.29) is 6.09 Å². The Morgan fingerprint density at radius 2 is 2.04 bits per heavy atom. The molecule has 0 spiro atoms. The lowest BCUT2D eigenvalue weighted by molar-refractivity contribution is 0.0256. The maximum Gasteiger partial charge on any atom is 0.410 e. The van der Waals surface area contributed by atoms with E-state index in [0.29, 0.717) is 18.3 Å². The molecule has 128 valence electrons. The van der Waals surface area contributed by atoms with E-state index < -0.39 is 5.60 Å². The van der Waals surface area contributed by atoms with Gasteiger partial charge < -0.3 is 20.1 Å². The molecule has 0 bridgehead atoms. The van der Waals surface area contributed by atoms with Crippen LogP contribution < -0.4 is 5.32 Å². The molecule has 0 aliphatic carbocycles. The number of benzene rings is 1. The summed E-state index contributed by atoms with van der Waals surface area (Å²) in [6.07, 6.45) is 2.57. The molecular formula is C18H28N2O3. The van der Waals surface area contributed by atoms with Crippen LogP contribution in [-0.2, 0) is 4.74 Å². The van der Waals surface area contributed by atoms with Gasteiger partial charge in [-0.2, -0.15) is 0 Å². The molecule has 0 radical (unpaired) electrons. The quantitative estimate of drug-likeness (QED) is 0.867. The largest absolute Gasteiger partial charge is 0.508 e. The van der Waals surface area contributed by atoms with Crippen molar-refractivity contribution in [2.24, 2.45) is 0 Å². The highest BCUT2D eigenvalue weighted by molar-refractivity contribution is 5.68. The number of carbonyl (C=O) groups is 1. The van der Waals surface area contributed by atoms with Gasteiger partial charge in [-0.1, -0.05) is 6.07 Å². The van der Waals surface area contributed by atoms with Crippen molar-refractivity contribution in [3.8, 4) is 5.75 Å². The molecule has 0 aromatic heterocycles. The lowest BCUT2D eigenvalue weighted by Gasteiger charge is -2.26. The van der Waals surface area contributed by atoms with Crippen LogP contribution in [0.3, 0.4) is 0 Å². The molecule has 1 fully saturated rings. The average molecular weight is 320 g/mol. The first kappa shape index (κ1) is 17.4. The van der Waals surface area contributed by atoms with Gasteiger partial charge in [0.05, 0.1) is 0 Å². The summed E-state index contributed by atoms with van der Waals surface area (Å²) in [5.74, 6) is 0.305. The Hall–Kier alpha value is -1.91. The third kappa shape index (κ3) is 5.34. The Balaban J connectivity index is 1.90. The van der Waals surface area contributed by atoms with Crippen LogP contribution in [0, 0.1) is 6.92 Å². The molecule has 5 heteroatoms. The number of ether oxygens (including phenoxy) is 1. The number of rotatable bonds is 2. The molecule has 5 nitrogen and oxygen atoms in total. The van der Waals surface area contributed by atoms with E-state index in [0.717, 1.165) is 37.1 Å². The number of amides is 1. The molecule has 1 aromatic rings. The van der Waals surface area contributed by atoms with E-state index in [9.17, 15) is 9.90 Å². The van der Waals surface area contributed by atoms with E-state index in [4.69, 9.17) is 4.74 Å². The van der Waals surface area contributed by atoms with Crippen molar-refractivity contribution < 1.29 is 14.6 Å². The summed E-state index contributed by atoms with van der Waals surface area (Å²) in [5, 5.41) is 13.3. The van der Waals surface area contributed by atoms with Crippen LogP contribution in [0.15, 0.2) is 18.2 Å². The predicted molar refractivity (Wildman–Crippen MR) is 91.9 cm³/mol. The molecule has 1 amide bonds. The summed E-state index contributed by atoms with van der Waals surface area (Å²) in [6.45, 7) is 8.95. The molecule has 1 atom stereocenters. The number of aryl methyl sites for hydroxylation is 1. The number of aromatic hydroxyl groups is 1. The van der Waals surface area contributed by atoms with E-state index in [1.807, 2.05) is 39.8 Å². The van der Waals surface area contributed by atoms with Gasteiger partial charge in [0.25, 0.3) is 0 Å². The van der Waals surface area contributed by atoms with Gasteiger partial charge in [-0.25, -0.2) is 4.79 Å². The van der Waals surface area contributed by atoms with E-state index in [1.54, 1.807) is 11.0 Å². The van der Waals surface area contributed by atoms with Crippen molar-refractivity contribution in [2.45, 2.75) is 58.6 Å². The molecule has 1 aliphatic heterocycles. The zero-order chi connectivity index (χ0) is 17.0. The van der Waals surface area contributed by atoms with Gasteiger partial charge in [0.1, 0.15) is 11.4 Å². The molecule has 2 N–H and O–H groups in total. The second-order valence-corrected chi connectivity index (χ2v) is 7.24. The first-order chi connectivity index (χ1) is 10.7. The minimum atomic E-state index is -0.458. The lowest BCUT2D eigenvalue weighted by Crippen LogP contribution is -2.37. The lowest BCUT2D eigenvalue weighted by atomic mass is 10.1. The van der Waals surface area contributed by atoms with Crippen LogP contribution in [0.5, 0.6) is 5.75 Å². The van der Waals surface area contributed by atoms with Crippen LogP contribution in [0.4, 0.5) is 10.5 Å². The van der Waals surface area contributed by atoms with E-state index in [1.165, 1.54) is 0 Å². The predicted octanol–water partition coefficient (Wildman–Crippen LogP) is 3.90. The van der Waals surface area contributed by atoms with E-state index >= 15 is 0 Å². The number of hydrogen-bond acceptors (Lipinski definition) is 4. The summed E-state index contributed by atoms with van der Waals surface area (Å²) in [7, 11) is 0. The van der Waals surface area contributed by atoms with E-state index in [2.05, 4.69) is 5.32 Å². The molecule has 1 saturated heterocycles. The van der Waals surface area contributed by atoms with Crippen molar-refractivity contribution in [1.29, 1.82) is 0 Å². The third-order valence-electron chi connectivity index (χ3n) is 3.96. The standard InChI is InChI=1S/C18H28N2O3/c1-13-7-8-15(12-16(13)21)19-14-6-5-10-20(11-9-14)17(22)23-18(2,3)4/h7-8,12,14,19,21H,5-6,9-11H2,1-4H3. The number of carbonyl (C=O) groups excluding carboxylic acids is 1. The minimum Gasteiger partial charge on any atom is -0.508 e. The first-order valence-electron chi connectivity index (χ1n) is 8.29. The van der Waals surface area contributed by atoms with Gasteiger partial charge in [0.15, 0.2) is 0 Å². The summed E-state index contributed by atoms with van der Waals surface area (Å²) in [5.41, 5.74) is 1.33. The van der Waals surface area contributed by atoms with Crippen LogP contribution in [0.1, 0.15) is 45.6 Å².